The molecule has 5 aromatic rings. The Morgan fingerprint density at radius 3 is 2.55 bits per heavy atom. The molecular formula is C50H58FN7O8S. The molecular weight excluding hydrogens is 878 g/mol. The molecule has 3 aromatic carbocycles. The molecule has 0 unspecified atom stereocenters. The van der Waals surface area contributed by atoms with E-state index in [4.69, 9.17) is 14.2 Å². The third-order valence-corrected chi connectivity index (χ3v) is 16.6. The maximum atomic E-state index is 14.7. The van der Waals surface area contributed by atoms with E-state index >= 15 is 0 Å². The van der Waals surface area contributed by atoms with Crippen LogP contribution in [-0.2, 0) is 14.8 Å². The summed E-state index contributed by atoms with van der Waals surface area (Å²) in [5.41, 5.74) is 3.78. The highest BCUT2D eigenvalue weighted by atomic mass is 32.2. The van der Waals surface area contributed by atoms with E-state index in [2.05, 4.69) is 67.9 Å². The van der Waals surface area contributed by atoms with Crippen molar-refractivity contribution in [3.8, 4) is 17.2 Å². The first-order valence-electron chi connectivity index (χ1n) is 23.6. The number of nitrogens with zero attached hydrogens (tertiary/aromatic N) is 4. The van der Waals surface area contributed by atoms with Gasteiger partial charge in [0, 0.05) is 62.4 Å². The maximum Gasteiger partial charge on any atom is 0.297 e. The summed E-state index contributed by atoms with van der Waals surface area (Å²) in [5.74, 6) is -0.717. The van der Waals surface area contributed by atoms with Crippen LogP contribution in [0.5, 0.6) is 17.2 Å². The molecule has 67 heavy (non-hydrogen) atoms. The summed E-state index contributed by atoms with van der Waals surface area (Å²) in [6.45, 7) is 7.45. The van der Waals surface area contributed by atoms with Crippen LogP contribution in [0.15, 0.2) is 78.0 Å². The minimum Gasteiger partial charge on any atom is -0.489 e. The molecule has 1 spiro atoms. The molecule has 0 bridgehead atoms. The van der Waals surface area contributed by atoms with E-state index in [1.165, 1.54) is 67.4 Å². The molecule has 3 aliphatic heterocycles. The van der Waals surface area contributed by atoms with Crippen LogP contribution in [0.3, 0.4) is 0 Å². The average Bonchev–Trinajstić information content (AvgIpc) is 3.96. The number of ether oxygens (including phenoxy) is 3. The van der Waals surface area contributed by atoms with Crippen molar-refractivity contribution in [3.63, 3.8) is 0 Å². The lowest BCUT2D eigenvalue weighted by Crippen LogP contribution is -2.54. The van der Waals surface area contributed by atoms with Crippen molar-refractivity contribution in [1.82, 2.24) is 19.6 Å². The fraction of sp³-hybridized carbons (Fsp3) is 0.480. The van der Waals surface area contributed by atoms with Crippen molar-refractivity contribution >= 4 is 44.0 Å². The minimum atomic E-state index is -4.69. The number of piperidine rings is 1. The van der Waals surface area contributed by atoms with Crippen molar-refractivity contribution in [2.24, 2.45) is 11.3 Å². The second kappa shape index (κ2) is 18.0. The van der Waals surface area contributed by atoms with E-state index in [-0.39, 0.29) is 64.0 Å². The number of nitrogens with one attached hydrogen (secondary N) is 3. The van der Waals surface area contributed by atoms with Crippen molar-refractivity contribution in [3.05, 3.63) is 106 Å². The zero-order chi connectivity index (χ0) is 46.6. The number of nitro benzene ring substituents is 1. The molecule has 5 aliphatic rings. The number of hydrogen-bond acceptors (Lipinski definition) is 12. The highest BCUT2D eigenvalue weighted by Gasteiger charge is 2.50. The lowest BCUT2D eigenvalue weighted by atomic mass is 9.59. The fourth-order valence-corrected chi connectivity index (χ4v) is 12.6. The Hall–Kier alpha value is -5.78. The van der Waals surface area contributed by atoms with Gasteiger partial charge in [-0.1, -0.05) is 38.1 Å². The van der Waals surface area contributed by atoms with Crippen molar-refractivity contribution in [1.29, 1.82) is 0 Å². The number of benzene rings is 3. The van der Waals surface area contributed by atoms with Crippen LogP contribution in [0.25, 0.3) is 11.0 Å². The highest BCUT2D eigenvalue weighted by molar-refractivity contribution is 7.90. The van der Waals surface area contributed by atoms with Gasteiger partial charge in [0.1, 0.15) is 29.6 Å². The summed E-state index contributed by atoms with van der Waals surface area (Å²) in [6.07, 6.45) is 13.0. The van der Waals surface area contributed by atoms with Crippen molar-refractivity contribution in [2.45, 2.75) is 113 Å². The molecule has 3 N–H and O–H groups in total. The number of pyridine rings is 1. The lowest BCUT2D eigenvalue weighted by Gasteiger charge is -2.56. The Morgan fingerprint density at radius 1 is 1.03 bits per heavy atom. The van der Waals surface area contributed by atoms with Crippen LogP contribution in [0.4, 0.5) is 21.5 Å². The third-order valence-electron chi connectivity index (χ3n) is 15.3. The molecule has 10 rings (SSSR count). The molecule has 5 heterocycles. The summed E-state index contributed by atoms with van der Waals surface area (Å²) < 4.78 is 62.5. The quantitative estimate of drug-likeness (QED) is 0.0797. The van der Waals surface area contributed by atoms with E-state index < -0.39 is 37.3 Å². The number of sulfonamides is 1. The van der Waals surface area contributed by atoms with Gasteiger partial charge in [0.2, 0.25) is 0 Å². The first-order valence-corrected chi connectivity index (χ1v) is 25.1. The van der Waals surface area contributed by atoms with E-state index in [1.54, 1.807) is 19.2 Å². The summed E-state index contributed by atoms with van der Waals surface area (Å²) in [7, 11) is -3.00. The van der Waals surface area contributed by atoms with Gasteiger partial charge in [-0.3, -0.25) is 19.8 Å². The van der Waals surface area contributed by atoms with E-state index in [1.807, 2.05) is 0 Å². The predicted octanol–water partition coefficient (Wildman–Crippen LogP) is 9.61. The van der Waals surface area contributed by atoms with Gasteiger partial charge in [-0.25, -0.2) is 22.5 Å². The van der Waals surface area contributed by atoms with Gasteiger partial charge in [-0.2, -0.15) is 0 Å². The van der Waals surface area contributed by atoms with Crippen LogP contribution in [0, 0.1) is 27.3 Å². The van der Waals surface area contributed by atoms with Gasteiger partial charge in [0.15, 0.2) is 11.4 Å². The minimum absolute atomic E-state index is 0.00509. The number of nitro groups is 1. The number of aromatic nitrogens is 2. The molecule has 2 saturated carbocycles. The molecule has 2 atom stereocenters. The number of likely N-dealkylation sites (tertiary alicyclic amines) is 1. The highest BCUT2D eigenvalue weighted by Crippen LogP contribution is 2.54. The molecule has 0 radical (unpaired) electrons. The number of halogens is 1. The third kappa shape index (κ3) is 8.81. The van der Waals surface area contributed by atoms with Crippen molar-refractivity contribution in [2.75, 3.05) is 43.6 Å². The van der Waals surface area contributed by atoms with E-state index in [0.717, 1.165) is 69.9 Å². The maximum absolute atomic E-state index is 14.7. The number of amides is 1. The summed E-state index contributed by atoms with van der Waals surface area (Å²) >= 11 is 0. The van der Waals surface area contributed by atoms with Gasteiger partial charge >= 0.3 is 0 Å². The topological polar surface area (TPSA) is 181 Å². The SMILES string of the molecule is COC1CCC([C@@H]2COc3cc(S(=O)(=O)NC(=O)c4ccc(N5CCC6(CC5)CC(N5CCC[C@@H]5c5ccccc5C(C)C)C6)cc4Oc4cnc5[nH]cc(F)c5c4)cc([N+](=O)[O-])c3N2)CC1. The van der Waals surface area contributed by atoms with Crippen LogP contribution >= 0.6 is 0 Å². The van der Waals surface area contributed by atoms with Gasteiger partial charge in [0.25, 0.3) is 21.6 Å². The summed E-state index contributed by atoms with van der Waals surface area (Å²) in [6, 6.07) is 18.3. The van der Waals surface area contributed by atoms with Gasteiger partial charge in [0.05, 0.1) is 39.1 Å². The Bertz CT molecular complexity index is 2800. The van der Waals surface area contributed by atoms with E-state index in [0.29, 0.717) is 23.6 Å². The van der Waals surface area contributed by atoms with Gasteiger partial charge < -0.3 is 29.4 Å². The lowest BCUT2D eigenvalue weighted by molar-refractivity contribution is -0.384. The number of aromatic amines is 1. The normalized spacial score (nSPS) is 23.1. The molecule has 2 aromatic heterocycles. The predicted molar refractivity (Wildman–Crippen MR) is 252 cm³/mol. The van der Waals surface area contributed by atoms with Crippen LogP contribution < -0.4 is 24.4 Å². The largest absolute Gasteiger partial charge is 0.489 e. The van der Waals surface area contributed by atoms with E-state index in [9.17, 15) is 27.7 Å². The number of carbonyl (C=O) groups is 1. The first-order chi connectivity index (χ1) is 32.3. The van der Waals surface area contributed by atoms with Crippen LogP contribution in [-0.4, -0.2) is 85.7 Å². The second-order valence-corrected chi connectivity index (χ2v) is 21.2. The first kappa shape index (κ1) is 45.0. The van der Waals surface area contributed by atoms with Crippen LogP contribution in [0.2, 0.25) is 0 Å². The zero-order valence-corrected chi connectivity index (χ0v) is 38.9. The number of rotatable bonds is 12. The molecule has 15 nitrogen and oxygen atoms in total. The number of methoxy groups -OCH3 is 1. The Morgan fingerprint density at radius 2 is 1.81 bits per heavy atom. The number of hydrogen-bond donors (Lipinski definition) is 3. The van der Waals surface area contributed by atoms with Gasteiger partial charge in [-0.05, 0) is 117 Å². The van der Waals surface area contributed by atoms with Crippen molar-refractivity contribution < 1.29 is 36.7 Å². The Balaban J connectivity index is 0.861. The molecule has 17 heteroatoms. The summed E-state index contributed by atoms with van der Waals surface area (Å²) in [5, 5.41) is 15.8. The number of fused-ring (bicyclic) bond motifs is 2. The number of H-pyrrole nitrogens is 1. The fourth-order valence-electron chi connectivity index (χ4n) is 11.6. The average molecular weight is 936 g/mol. The van der Waals surface area contributed by atoms with Gasteiger partial charge in [-0.15, -0.1) is 0 Å². The molecule has 2 aliphatic carbocycles. The summed E-state index contributed by atoms with van der Waals surface area (Å²) in [4.78, 5) is 37.4. The second-order valence-electron chi connectivity index (χ2n) is 19.6. The number of carbonyl (C=O) groups excluding carboxylic acids is 1. The number of anilines is 2. The Labute approximate surface area is 390 Å². The zero-order valence-electron chi connectivity index (χ0n) is 38.1. The molecule has 4 fully saturated rings. The molecule has 354 valence electrons. The smallest absolute Gasteiger partial charge is 0.297 e. The standard InChI is InChI=1S/C50H58FN7O8S/c1-30(2)37-7-4-5-8-38(37)43-9-6-18-57(43)33-25-50(26-33)16-19-56(20-17-50)32-12-15-39(45(21-32)66-35-22-40-41(51)28-53-48(40)52-27-35)49(59)55-67(62,63)36-23-44(58(60)61)47-46(24-36)65-29-42(54-47)31-10-13-34(64-3)14-11-31/h4-5,7-8,12,15,21-24,27-28,30-31,33-34,42-43,54H,6,9-11,13-14,16-20,25-26,29H2,1-3H3,(H,52,53)(H,55,59)/t31?,34?,42-,43+/m0/s1. The molecule has 2 saturated heterocycles. The monoisotopic (exact) mass is 935 g/mol. The molecule has 1 amide bonds. The van der Waals surface area contributed by atoms with Crippen LogP contribution in [0.1, 0.15) is 112 Å². The Kier molecular flexibility index (Phi) is 12.1.